The van der Waals surface area contributed by atoms with Gasteiger partial charge in [0.25, 0.3) is 0 Å². The Hall–Kier alpha value is -0.910. The third-order valence-corrected chi connectivity index (χ3v) is 2.99. The van der Waals surface area contributed by atoms with E-state index in [0.717, 1.165) is 39.1 Å². The van der Waals surface area contributed by atoms with E-state index in [4.69, 9.17) is 9.47 Å². The molecule has 1 aliphatic rings. The van der Waals surface area contributed by atoms with Crippen LogP contribution in [0.25, 0.3) is 0 Å². The highest BCUT2D eigenvalue weighted by Crippen LogP contribution is 2.03. The average Bonchev–Trinajstić information content (AvgIpc) is 2.61. The smallest absolute Gasteiger partial charge is 0.248 e. The zero-order chi connectivity index (χ0) is 13.2. The molecule has 1 amide bonds. The first-order valence-electron chi connectivity index (χ1n) is 6.45. The topological polar surface area (TPSA) is 42.0 Å². The Labute approximate surface area is 109 Å². The van der Waals surface area contributed by atoms with Gasteiger partial charge in [-0.15, -0.1) is 6.58 Å². The lowest BCUT2D eigenvalue weighted by Crippen LogP contribution is -2.37. The quantitative estimate of drug-likeness (QED) is 0.487. The first kappa shape index (κ1) is 15.1. The summed E-state index contributed by atoms with van der Waals surface area (Å²) in [6.07, 6.45) is 2.92. The molecule has 5 nitrogen and oxygen atoms in total. The van der Waals surface area contributed by atoms with E-state index in [1.165, 1.54) is 0 Å². The van der Waals surface area contributed by atoms with E-state index in [9.17, 15) is 4.79 Å². The molecule has 0 radical (unpaired) electrons. The van der Waals surface area contributed by atoms with Crippen molar-refractivity contribution in [2.24, 2.45) is 0 Å². The van der Waals surface area contributed by atoms with Crippen LogP contribution in [0.1, 0.15) is 6.42 Å². The van der Waals surface area contributed by atoms with Crippen LogP contribution in [0.3, 0.4) is 0 Å². The van der Waals surface area contributed by atoms with E-state index >= 15 is 0 Å². The highest BCUT2D eigenvalue weighted by molar-refractivity contribution is 5.77. The van der Waals surface area contributed by atoms with E-state index in [1.54, 1.807) is 7.11 Å². The zero-order valence-electron chi connectivity index (χ0n) is 11.3. The van der Waals surface area contributed by atoms with Crippen molar-refractivity contribution in [2.75, 3.05) is 59.7 Å². The largest absolute Gasteiger partial charge is 0.382 e. The van der Waals surface area contributed by atoms with Gasteiger partial charge in [0.1, 0.15) is 6.61 Å². The van der Waals surface area contributed by atoms with Gasteiger partial charge in [-0.1, -0.05) is 6.08 Å². The Morgan fingerprint density at radius 3 is 2.83 bits per heavy atom. The number of rotatable bonds is 7. The molecule has 1 rings (SSSR count). The van der Waals surface area contributed by atoms with Crippen molar-refractivity contribution < 1.29 is 14.3 Å². The molecular formula is C13H24N2O3. The minimum absolute atomic E-state index is 0.0755. The van der Waals surface area contributed by atoms with Gasteiger partial charge in [-0.2, -0.15) is 0 Å². The van der Waals surface area contributed by atoms with Crippen LogP contribution in [-0.4, -0.2) is 75.4 Å². The summed E-state index contributed by atoms with van der Waals surface area (Å²) >= 11 is 0. The monoisotopic (exact) mass is 256 g/mol. The van der Waals surface area contributed by atoms with E-state index in [1.807, 2.05) is 11.0 Å². The Bertz CT molecular complexity index is 259. The first-order chi connectivity index (χ1) is 8.77. The minimum atomic E-state index is 0.0755. The molecule has 18 heavy (non-hydrogen) atoms. The molecule has 0 aliphatic carbocycles. The van der Waals surface area contributed by atoms with Gasteiger partial charge in [0.2, 0.25) is 5.91 Å². The second-order valence-corrected chi connectivity index (χ2v) is 4.37. The maximum Gasteiger partial charge on any atom is 0.248 e. The molecule has 0 spiro atoms. The van der Waals surface area contributed by atoms with Crippen molar-refractivity contribution in [3.8, 4) is 0 Å². The molecule has 104 valence electrons. The van der Waals surface area contributed by atoms with Gasteiger partial charge < -0.3 is 14.4 Å². The molecule has 1 fully saturated rings. The number of amides is 1. The van der Waals surface area contributed by atoms with Crippen LogP contribution >= 0.6 is 0 Å². The summed E-state index contributed by atoms with van der Waals surface area (Å²) in [5.41, 5.74) is 0. The van der Waals surface area contributed by atoms with Gasteiger partial charge in [0.05, 0.1) is 13.2 Å². The minimum Gasteiger partial charge on any atom is -0.382 e. The van der Waals surface area contributed by atoms with Gasteiger partial charge >= 0.3 is 0 Å². The predicted molar refractivity (Wildman–Crippen MR) is 70.5 cm³/mol. The van der Waals surface area contributed by atoms with E-state index in [-0.39, 0.29) is 12.5 Å². The number of hydrogen-bond donors (Lipinski definition) is 0. The Morgan fingerprint density at radius 1 is 1.28 bits per heavy atom. The molecule has 1 heterocycles. The van der Waals surface area contributed by atoms with Crippen molar-refractivity contribution in [1.29, 1.82) is 0 Å². The average molecular weight is 256 g/mol. The zero-order valence-corrected chi connectivity index (χ0v) is 11.3. The highest BCUT2D eigenvalue weighted by Gasteiger charge is 2.18. The number of ether oxygens (including phenoxy) is 2. The van der Waals surface area contributed by atoms with Crippen LogP contribution in [0.15, 0.2) is 12.7 Å². The molecule has 1 aliphatic heterocycles. The second-order valence-electron chi connectivity index (χ2n) is 4.37. The van der Waals surface area contributed by atoms with Crippen molar-refractivity contribution in [3.05, 3.63) is 12.7 Å². The van der Waals surface area contributed by atoms with Crippen LogP contribution in [0.4, 0.5) is 0 Å². The summed E-state index contributed by atoms with van der Waals surface area (Å²) in [5.74, 6) is 0.0755. The molecule has 0 bridgehead atoms. The lowest BCUT2D eigenvalue weighted by molar-refractivity contribution is -0.136. The third-order valence-electron chi connectivity index (χ3n) is 2.99. The number of methoxy groups -OCH3 is 1. The third kappa shape index (κ3) is 5.62. The van der Waals surface area contributed by atoms with Gasteiger partial charge in [-0.3, -0.25) is 9.69 Å². The molecule has 0 atom stereocenters. The van der Waals surface area contributed by atoms with Crippen molar-refractivity contribution in [3.63, 3.8) is 0 Å². The number of carbonyl (C=O) groups is 1. The standard InChI is InChI=1S/C13H24N2O3/c1-3-5-14-6-4-7-15(9-8-14)13(16)12-18-11-10-17-2/h3H,1,4-12H2,2H3. The summed E-state index contributed by atoms with van der Waals surface area (Å²) < 4.78 is 10.1. The summed E-state index contributed by atoms with van der Waals surface area (Å²) in [6.45, 7) is 9.33. The molecule has 0 N–H and O–H groups in total. The van der Waals surface area contributed by atoms with Crippen molar-refractivity contribution in [2.45, 2.75) is 6.42 Å². The van der Waals surface area contributed by atoms with Gasteiger partial charge in [0, 0.05) is 39.8 Å². The fourth-order valence-electron chi connectivity index (χ4n) is 1.98. The van der Waals surface area contributed by atoms with Crippen molar-refractivity contribution in [1.82, 2.24) is 9.80 Å². The lowest BCUT2D eigenvalue weighted by atomic mass is 10.3. The maximum absolute atomic E-state index is 11.9. The summed E-state index contributed by atoms with van der Waals surface area (Å²) in [6, 6.07) is 0. The van der Waals surface area contributed by atoms with Crippen LogP contribution in [0.2, 0.25) is 0 Å². The van der Waals surface area contributed by atoms with Crippen LogP contribution < -0.4 is 0 Å². The highest BCUT2D eigenvalue weighted by atomic mass is 16.5. The first-order valence-corrected chi connectivity index (χ1v) is 6.45. The van der Waals surface area contributed by atoms with E-state index in [2.05, 4.69) is 11.5 Å². The summed E-state index contributed by atoms with van der Waals surface area (Å²) in [5, 5.41) is 0. The molecule has 1 saturated heterocycles. The van der Waals surface area contributed by atoms with Gasteiger partial charge in [-0.25, -0.2) is 0 Å². The number of hydrogen-bond acceptors (Lipinski definition) is 4. The molecule has 0 aromatic heterocycles. The molecule has 0 aromatic rings. The van der Waals surface area contributed by atoms with Crippen LogP contribution in [-0.2, 0) is 14.3 Å². The van der Waals surface area contributed by atoms with Gasteiger partial charge in [0.15, 0.2) is 0 Å². The SMILES string of the molecule is C=CCN1CCCN(C(=O)COCCOC)CC1. The predicted octanol–water partition coefficient (Wildman–Crippen LogP) is 0.370. The maximum atomic E-state index is 11.9. The summed E-state index contributed by atoms with van der Waals surface area (Å²) in [7, 11) is 1.62. The van der Waals surface area contributed by atoms with Crippen molar-refractivity contribution >= 4 is 5.91 Å². The Balaban J connectivity index is 2.24. The number of nitrogens with zero attached hydrogens (tertiary/aromatic N) is 2. The van der Waals surface area contributed by atoms with E-state index in [0.29, 0.717) is 13.2 Å². The molecule has 0 aromatic carbocycles. The van der Waals surface area contributed by atoms with E-state index < -0.39 is 0 Å². The number of carbonyl (C=O) groups excluding carboxylic acids is 1. The Kier molecular flexibility index (Phi) is 7.64. The second kappa shape index (κ2) is 9.08. The Morgan fingerprint density at radius 2 is 2.11 bits per heavy atom. The van der Waals surface area contributed by atoms with Gasteiger partial charge in [-0.05, 0) is 6.42 Å². The normalized spacial score (nSPS) is 17.5. The summed E-state index contributed by atoms with van der Waals surface area (Å²) in [4.78, 5) is 16.1. The molecule has 0 unspecified atom stereocenters. The lowest BCUT2D eigenvalue weighted by Gasteiger charge is -2.21. The fourth-order valence-corrected chi connectivity index (χ4v) is 1.98. The molecule has 0 saturated carbocycles. The molecule has 5 heteroatoms. The van der Waals surface area contributed by atoms with Crippen LogP contribution in [0, 0.1) is 0 Å². The van der Waals surface area contributed by atoms with Crippen LogP contribution in [0.5, 0.6) is 0 Å². The fraction of sp³-hybridized carbons (Fsp3) is 0.769. The molecular weight excluding hydrogens is 232 g/mol.